The summed E-state index contributed by atoms with van der Waals surface area (Å²) in [7, 11) is -3.29. The zero-order valence-electron chi connectivity index (χ0n) is 14.7. The van der Waals surface area contributed by atoms with Gasteiger partial charge in [-0.25, -0.2) is 8.42 Å². The molecule has 0 bridgehead atoms. The Balaban J connectivity index is 1.32. The average Bonchev–Trinajstić information content (AvgIpc) is 3.34. The highest BCUT2D eigenvalue weighted by molar-refractivity contribution is 7.88. The van der Waals surface area contributed by atoms with E-state index in [1.54, 1.807) is 15.6 Å². The molecule has 2 aromatic heterocycles. The van der Waals surface area contributed by atoms with E-state index in [1.165, 1.54) is 4.90 Å². The highest BCUT2D eigenvalue weighted by atomic mass is 32.2. The molecule has 0 spiro atoms. The normalized spacial score (nSPS) is 16.6. The zero-order chi connectivity index (χ0) is 18.7. The number of benzene rings is 1. The molecule has 1 saturated heterocycles. The monoisotopic (exact) mass is 405 g/mol. The number of thiophene rings is 1. The molecule has 1 N–H and O–H groups in total. The van der Waals surface area contributed by atoms with Crippen LogP contribution in [0.25, 0.3) is 10.8 Å². The number of sulfonamides is 1. The Morgan fingerprint density at radius 3 is 2.56 bits per heavy atom. The molecule has 0 aliphatic carbocycles. The average molecular weight is 406 g/mol. The molecule has 0 unspecified atom stereocenters. The highest BCUT2D eigenvalue weighted by Gasteiger charge is 2.30. The van der Waals surface area contributed by atoms with Crippen LogP contribution in [0.1, 0.15) is 11.5 Å². The third-order valence-corrected chi connectivity index (χ3v) is 7.32. The lowest BCUT2D eigenvalue weighted by Gasteiger charge is -2.30. The molecule has 1 aliphatic rings. The van der Waals surface area contributed by atoms with Gasteiger partial charge in [-0.15, -0.1) is 21.5 Å². The predicted octanol–water partition coefficient (Wildman–Crippen LogP) is 1.03. The topological polar surface area (TPSA) is 80.7 Å². The van der Waals surface area contributed by atoms with Crippen LogP contribution in [0.5, 0.6) is 0 Å². The zero-order valence-corrected chi connectivity index (χ0v) is 16.4. The number of nitrogens with one attached hydrogen (secondary N) is 1. The summed E-state index contributed by atoms with van der Waals surface area (Å²) in [5, 5.41) is 10.2. The van der Waals surface area contributed by atoms with Crippen LogP contribution in [0.3, 0.4) is 0 Å². The first-order chi connectivity index (χ1) is 13.1. The minimum absolute atomic E-state index is 0.0526. The Morgan fingerprint density at radius 1 is 1.07 bits per heavy atom. The van der Waals surface area contributed by atoms with Crippen molar-refractivity contribution < 1.29 is 17.7 Å². The van der Waals surface area contributed by atoms with Crippen molar-refractivity contribution in [2.45, 2.75) is 12.3 Å². The number of nitrogens with zero attached hydrogens (tertiary/aromatic N) is 3. The molecule has 0 radical (unpaired) electrons. The van der Waals surface area contributed by atoms with E-state index in [1.807, 2.05) is 47.8 Å². The van der Waals surface area contributed by atoms with Crippen LogP contribution in [0.2, 0.25) is 0 Å². The number of hydrogen-bond acceptors (Lipinski definition) is 6. The van der Waals surface area contributed by atoms with Gasteiger partial charge in [0.15, 0.2) is 6.54 Å². The highest BCUT2D eigenvalue weighted by Crippen LogP contribution is 2.22. The molecule has 3 aromatic rings. The van der Waals surface area contributed by atoms with Crippen LogP contribution < -0.4 is 4.90 Å². The fraction of sp³-hybridized carbons (Fsp3) is 0.333. The first-order valence-electron chi connectivity index (χ1n) is 8.82. The minimum atomic E-state index is -3.29. The van der Waals surface area contributed by atoms with E-state index in [-0.39, 0.29) is 5.75 Å². The van der Waals surface area contributed by atoms with E-state index in [2.05, 4.69) is 10.2 Å². The van der Waals surface area contributed by atoms with Gasteiger partial charge >= 0.3 is 0 Å². The van der Waals surface area contributed by atoms with Crippen molar-refractivity contribution in [2.24, 2.45) is 0 Å². The molecule has 142 valence electrons. The molecule has 0 saturated carbocycles. The Morgan fingerprint density at radius 2 is 1.85 bits per heavy atom. The van der Waals surface area contributed by atoms with Crippen LogP contribution in [-0.2, 0) is 22.3 Å². The summed E-state index contributed by atoms with van der Waals surface area (Å²) in [5.74, 6) is 1.19. The Kier molecular flexibility index (Phi) is 5.35. The second kappa shape index (κ2) is 7.89. The van der Waals surface area contributed by atoms with E-state index in [9.17, 15) is 8.42 Å². The van der Waals surface area contributed by atoms with E-state index in [0.29, 0.717) is 31.4 Å². The van der Waals surface area contributed by atoms with Crippen LogP contribution in [-0.4, -0.2) is 49.1 Å². The number of aromatic nitrogens is 2. The fourth-order valence-corrected chi connectivity index (χ4v) is 5.35. The molecule has 0 atom stereocenters. The van der Waals surface area contributed by atoms with E-state index >= 15 is 0 Å². The van der Waals surface area contributed by atoms with Crippen LogP contribution >= 0.6 is 11.3 Å². The van der Waals surface area contributed by atoms with Gasteiger partial charge in [-0.1, -0.05) is 36.4 Å². The summed E-state index contributed by atoms with van der Waals surface area (Å²) >= 11 is 1.56. The minimum Gasteiger partial charge on any atom is -0.414 e. The molecule has 0 amide bonds. The van der Waals surface area contributed by atoms with Crippen molar-refractivity contribution in [3.05, 3.63) is 59.3 Å². The third kappa shape index (κ3) is 4.44. The smallest absolute Gasteiger partial charge is 0.271 e. The van der Waals surface area contributed by atoms with Gasteiger partial charge in [-0.05, 0) is 17.0 Å². The Labute approximate surface area is 162 Å². The van der Waals surface area contributed by atoms with Gasteiger partial charge in [0.05, 0.1) is 36.8 Å². The Hall–Kier alpha value is -2.07. The second-order valence-corrected chi connectivity index (χ2v) is 9.46. The predicted molar refractivity (Wildman–Crippen MR) is 103 cm³/mol. The van der Waals surface area contributed by atoms with Gasteiger partial charge in [0.2, 0.25) is 10.0 Å². The number of piperazine rings is 1. The third-order valence-electron chi connectivity index (χ3n) is 4.61. The van der Waals surface area contributed by atoms with Crippen molar-refractivity contribution in [3.8, 4) is 10.8 Å². The second-order valence-electron chi connectivity index (χ2n) is 6.55. The lowest BCUT2D eigenvalue weighted by molar-refractivity contribution is -0.918. The molecule has 7 nitrogen and oxygen atoms in total. The van der Waals surface area contributed by atoms with Gasteiger partial charge in [0.1, 0.15) is 0 Å². The molecule has 1 fully saturated rings. The van der Waals surface area contributed by atoms with Crippen molar-refractivity contribution >= 4 is 21.4 Å². The van der Waals surface area contributed by atoms with Crippen LogP contribution in [0, 0.1) is 0 Å². The van der Waals surface area contributed by atoms with Crippen molar-refractivity contribution in [1.82, 2.24) is 14.5 Å². The summed E-state index contributed by atoms with van der Waals surface area (Å²) in [6.07, 6.45) is 0. The quantitative estimate of drug-likeness (QED) is 0.663. The SMILES string of the molecule is O=S(=O)(Cc1ccccc1)N1CC[NH+](Cc2nnc(-c3cccs3)o2)CC1. The van der Waals surface area contributed by atoms with Crippen LogP contribution in [0.4, 0.5) is 0 Å². The molecule has 1 aromatic carbocycles. The van der Waals surface area contributed by atoms with Crippen molar-refractivity contribution in [2.75, 3.05) is 26.2 Å². The maximum absolute atomic E-state index is 12.6. The summed E-state index contributed by atoms with van der Waals surface area (Å²) in [6.45, 7) is 3.09. The maximum atomic E-state index is 12.6. The molecular formula is C18H21N4O3S2+. The number of rotatable bonds is 6. The molecule has 3 heterocycles. The molecule has 1 aliphatic heterocycles. The maximum Gasteiger partial charge on any atom is 0.271 e. The van der Waals surface area contributed by atoms with E-state index in [4.69, 9.17) is 4.42 Å². The number of hydrogen-bond donors (Lipinski definition) is 1. The summed E-state index contributed by atoms with van der Waals surface area (Å²) in [4.78, 5) is 2.21. The summed E-state index contributed by atoms with van der Waals surface area (Å²) in [6, 6.07) is 13.2. The van der Waals surface area contributed by atoms with Gasteiger partial charge < -0.3 is 9.32 Å². The van der Waals surface area contributed by atoms with E-state index in [0.717, 1.165) is 23.5 Å². The Bertz CT molecular complexity index is 963. The van der Waals surface area contributed by atoms with Gasteiger partial charge in [-0.3, -0.25) is 0 Å². The summed E-state index contributed by atoms with van der Waals surface area (Å²) in [5.41, 5.74) is 0.819. The molecule has 9 heteroatoms. The first-order valence-corrected chi connectivity index (χ1v) is 11.3. The van der Waals surface area contributed by atoms with Crippen LogP contribution in [0.15, 0.2) is 52.3 Å². The van der Waals surface area contributed by atoms with Gasteiger partial charge in [-0.2, -0.15) is 4.31 Å². The van der Waals surface area contributed by atoms with Crippen molar-refractivity contribution in [3.63, 3.8) is 0 Å². The van der Waals surface area contributed by atoms with Gasteiger partial charge in [0.25, 0.3) is 11.8 Å². The van der Waals surface area contributed by atoms with E-state index < -0.39 is 10.0 Å². The lowest BCUT2D eigenvalue weighted by atomic mass is 10.2. The summed E-state index contributed by atoms with van der Waals surface area (Å²) < 4.78 is 32.6. The standard InChI is InChI=1S/C18H20N4O3S2/c23-27(24,14-15-5-2-1-3-6-15)22-10-8-21(9-11-22)13-17-19-20-18(25-17)16-7-4-12-26-16/h1-7,12H,8-11,13-14H2/p+1. The molecule has 27 heavy (non-hydrogen) atoms. The number of quaternary nitrogens is 1. The molecule has 4 rings (SSSR count). The fourth-order valence-electron chi connectivity index (χ4n) is 3.17. The largest absolute Gasteiger partial charge is 0.414 e. The molecular weight excluding hydrogens is 384 g/mol. The van der Waals surface area contributed by atoms with Gasteiger partial charge in [0, 0.05) is 0 Å². The first kappa shape index (κ1) is 18.3. The van der Waals surface area contributed by atoms with Crippen molar-refractivity contribution in [1.29, 1.82) is 0 Å². The lowest BCUT2D eigenvalue weighted by Crippen LogP contribution is -3.13.